The van der Waals surface area contributed by atoms with Crippen LogP contribution in [0, 0.1) is 0 Å². The van der Waals surface area contributed by atoms with Crippen molar-refractivity contribution in [3.8, 4) is 0 Å². The third-order valence-electron chi connectivity index (χ3n) is 1.65. The highest BCUT2D eigenvalue weighted by Gasteiger charge is 2.08. The lowest BCUT2D eigenvalue weighted by Crippen LogP contribution is -2.23. The molecular weight excluding hydrogens is 138 g/mol. The Balaban J connectivity index is 0.000000378. The summed E-state index contributed by atoms with van der Waals surface area (Å²) >= 11 is 0. The van der Waals surface area contributed by atoms with Crippen molar-refractivity contribution in [3.05, 3.63) is 17.7 Å². The Hall–Kier alpha value is -0.830. The van der Waals surface area contributed by atoms with Crippen LogP contribution in [-0.4, -0.2) is 16.5 Å². The lowest BCUT2D eigenvalue weighted by Gasteiger charge is -2.09. The van der Waals surface area contributed by atoms with Crippen molar-refractivity contribution in [1.82, 2.24) is 15.3 Å². The highest BCUT2D eigenvalue weighted by molar-refractivity contribution is 5.13. The lowest BCUT2D eigenvalue weighted by molar-refractivity contribution is 0.627. The monoisotopic (exact) mass is 155 g/mol. The van der Waals surface area contributed by atoms with Crippen molar-refractivity contribution in [2.75, 3.05) is 6.54 Å². The number of aromatic nitrogens is 2. The molecule has 3 nitrogen and oxygen atoms in total. The van der Waals surface area contributed by atoms with Gasteiger partial charge in [0.1, 0.15) is 0 Å². The summed E-state index contributed by atoms with van der Waals surface area (Å²) in [5, 5.41) is 3.26. The molecule has 2 rings (SSSR count). The topological polar surface area (TPSA) is 40.7 Å². The Bertz CT molecular complexity index is 189. The van der Waals surface area contributed by atoms with Gasteiger partial charge in [-0.25, -0.2) is 4.98 Å². The van der Waals surface area contributed by atoms with Crippen LogP contribution in [0.25, 0.3) is 0 Å². The molecule has 0 fully saturated rings. The molecule has 1 aromatic heterocycles. The Labute approximate surface area is 68.7 Å². The number of hydrogen-bond acceptors (Lipinski definition) is 2. The fourth-order valence-corrected chi connectivity index (χ4v) is 1.14. The maximum atomic E-state index is 4.16. The van der Waals surface area contributed by atoms with Gasteiger partial charge in [0.15, 0.2) is 0 Å². The number of aromatic amines is 1. The van der Waals surface area contributed by atoms with E-state index in [2.05, 4.69) is 15.3 Å². The molecule has 0 unspecified atom stereocenters. The molecule has 2 N–H and O–H groups in total. The molecule has 0 aliphatic carbocycles. The third kappa shape index (κ3) is 1.80. The van der Waals surface area contributed by atoms with Gasteiger partial charge < -0.3 is 10.3 Å². The molecule has 1 aliphatic heterocycles. The zero-order chi connectivity index (χ0) is 8.10. The quantitative estimate of drug-likeness (QED) is 0.593. The zero-order valence-electron chi connectivity index (χ0n) is 7.15. The number of imidazole rings is 1. The van der Waals surface area contributed by atoms with Gasteiger partial charge in [0.05, 0.1) is 17.7 Å². The standard InChI is InChI=1S/C6H9N3.C2H6.H2/c1-2-7-3-6-5(1)8-4-9-6;1-2;/h4,7H,1-3H2,(H,8,9);1-2H3;1H. The van der Waals surface area contributed by atoms with Crippen LogP contribution in [0.2, 0.25) is 0 Å². The van der Waals surface area contributed by atoms with Gasteiger partial charge in [-0.1, -0.05) is 13.8 Å². The molecule has 0 spiro atoms. The lowest BCUT2D eigenvalue weighted by atomic mass is 10.2. The minimum Gasteiger partial charge on any atom is -0.347 e. The molecule has 0 saturated heterocycles. The average molecular weight is 155 g/mol. The van der Waals surface area contributed by atoms with Crippen molar-refractivity contribution in [1.29, 1.82) is 0 Å². The molecule has 1 aromatic rings. The fraction of sp³-hybridized carbons (Fsp3) is 0.625. The molecule has 64 valence electrons. The SMILES string of the molecule is CC.[HH].c1nc2c([nH]1)CNCC2. The third-order valence-corrected chi connectivity index (χ3v) is 1.65. The van der Waals surface area contributed by atoms with Crippen LogP contribution < -0.4 is 5.32 Å². The van der Waals surface area contributed by atoms with Crippen LogP contribution in [0.5, 0.6) is 0 Å². The first-order valence-electron chi connectivity index (χ1n) is 4.18. The van der Waals surface area contributed by atoms with E-state index in [9.17, 15) is 0 Å². The zero-order valence-corrected chi connectivity index (χ0v) is 7.15. The summed E-state index contributed by atoms with van der Waals surface area (Å²) in [6.45, 7) is 6.02. The summed E-state index contributed by atoms with van der Waals surface area (Å²) in [6, 6.07) is 0. The van der Waals surface area contributed by atoms with E-state index >= 15 is 0 Å². The van der Waals surface area contributed by atoms with E-state index < -0.39 is 0 Å². The Kier molecular flexibility index (Phi) is 3.11. The first-order chi connectivity index (χ1) is 5.47. The first-order valence-corrected chi connectivity index (χ1v) is 4.18. The van der Waals surface area contributed by atoms with Gasteiger partial charge in [0.2, 0.25) is 0 Å². The van der Waals surface area contributed by atoms with Crippen LogP contribution in [0.1, 0.15) is 26.7 Å². The maximum absolute atomic E-state index is 4.16. The highest BCUT2D eigenvalue weighted by Crippen LogP contribution is 2.06. The molecular formula is C8H17N3. The molecule has 0 bridgehead atoms. The van der Waals surface area contributed by atoms with Gasteiger partial charge in [0, 0.05) is 20.9 Å². The summed E-state index contributed by atoms with van der Waals surface area (Å²) < 4.78 is 0. The summed E-state index contributed by atoms with van der Waals surface area (Å²) in [4.78, 5) is 7.25. The summed E-state index contributed by atoms with van der Waals surface area (Å²) in [5.74, 6) is 0. The number of rotatable bonds is 0. The van der Waals surface area contributed by atoms with Gasteiger partial charge in [-0.3, -0.25) is 0 Å². The predicted molar refractivity (Wildman–Crippen MR) is 47.5 cm³/mol. The number of nitrogens with one attached hydrogen (secondary N) is 2. The molecule has 0 radical (unpaired) electrons. The summed E-state index contributed by atoms with van der Waals surface area (Å²) in [7, 11) is 0. The van der Waals surface area contributed by atoms with Crippen LogP contribution >= 0.6 is 0 Å². The van der Waals surface area contributed by atoms with Crippen LogP contribution in [0.4, 0.5) is 0 Å². The molecule has 0 aromatic carbocycles. The van der Waals surface area contributed by atoms with Gasteiger partial charge in [-0.2, -0.15) is 0 Å². The van der Waals surface area contributed by atoms with Crippen molar-refractivity contribution in [3.63, 3.8) is 0 Å². The van der Waals surface area contributed by atoms with Crippen molar-refractivity contribution < 1.29 is 1.43 Å². The Morgan fingerprint density at radius 3 is 3.09 bits per heavy atom. The van der Waals surface area contributed by atoms with Crippen LogP contribution in [0.15, 0.2) is 6.33 Å². The molecule has 2 heterocycles. The molecule has 0 amide bonds. The number of fused-ring (bicyclic) bond motifs is 1. The van der Waals surface area contributed by atoms with Crippen molar-refractivity contribution in [2.45, 2.75) is 26.8 Å². The van der Waals surface area contributed by atoms with Crippen LogP contribution in [-0.2, 0) is 13.0 Å². The molecule has 3 heteroatoms. The minimum atomic E-state index is 0. The van der Waals surface area contributed by atoms with E-state index in [1.807, 2.05) is 13.8 Å². The van der Waals surface area contributed by atoms with Crippen LogP contribution in [0.3, 0.4) is 0 Å². The molecule has 1 aliphatic rings. The maximum Gasteiger partial charge on any atom is 0.0925 e. The first kappa shape index (κ1) is 8.27. The van der Waals surface area contributed by atoms with E-state index in [4.69, 9.17) is 0 Å². The summed E-state index contributed by atoms with van der Waals surface area (Å²) in [5.41, 5.74) is 2.48. The minimum absolute atomic E-state index is 0. The van der Waals surface area contributed by atoms with Gasteiger partial charge in [0.25, 0.3) is 0 Å². The number of H-pyrrole nitrogens is 1. The largest absolute Gasteiger partial charge is 0.347 e. The smallest absolute Gasteiger partial charge is 0.0925 e. The number of nitrogens with zero attached hydrogens (tertiary/aromatic N) is 1. The molecule has 0 atom stereocenters. The van der Waals surface area contributed by atoms with Crippen molar-refractivity contribution >= 4 is 0 Å². The van der Waals surface area contributed by atoms with E-state index in [1.54, 1.807) is 6.33 Å². The van der Waals surface area contributed by atoms with E-state index in [0.717, 1.165) is 19.5 Å². The Morgan fingerprint density at radius 1 is 1.55 bits per heavy atom. The second-order valence-electron chi connectivity index (χ2n) is 2.25. The van der Waals surface area contributed by atoms with E-state index in [0.29, 0.717) is 0 Å². The van der Waals surface area contributed by atoms with Crippen molar-refractivity contribution in [2.24, 2.45) is 0 Å². The van der Waals surface area contributed by atoms with Gasteiger partial charge >= 0.3 is 0 Å². The predicted octanol–water partition coefficient (Wildman–Crippen LogP) is 1.33. The molecule has 0 saturated carbocycles. The fourth-order valence-electron chi connectivity index (χ4n) is 1.14. The Morgan fingerprint density at radius 2 is 2.36 bits per heavy atom. The second kappa shape index (κ2) is 4.13. The highest BCUT2D eigenvalue weighted by atomic mass is 15.0. The van der Waals surface area contributed by atoms with Gasteiger partial charge in [-0.05, 0) is 0 Å². The van der Waals surface area contributed by atoms with Gasteiger partial charge in [-0.15, -0.1) is 0 Å². The van der Waals surface area contributed by atoms with E-state index in [-0.39, 0.29) is 1.43 Å². The normalized spacial score (nSPS) is 14.7. The second-order valence-corrected chi connectivity index (χ2v) is 2.25. The number of hydrogen-bond donors (Lipinski definition) is 2. The molecule has 11 heavy (non-hydrogen) atoms. The summed E-state index contributed by atoms with van der Waals surface area (Å²) in [6.07, 6.45) is 2.83. The average Bonchev–Trinajstić information content (AvgIpc) is 2.55. The van der Waals surface area contributed by atoms with E-state index in [1.165, 1.54) is 11.4 Å².